The van der Waals surface area contributed by atoms with Gasteiger partial charge in [0.25, 0.3) is 0 Å². The number of rotatable bonds is 10. The average Bonchev–Trinajstić information content (AvgIpc) is 3.06. The van der Waals surface area contributed by atoms with E-state index < -0.39 is 72.2 Å². The summed E-state index contributed by atoms with van der Waals surface area (Å²) < 4.78 is 29.1. The highest BCUT2D eigenvalue weighted by Gasteiger charge is 2.53. The first-order valence-corrected chi connectivity index (χ1v) is 17.7. The van der Waals surface area contributed by atoms with E-state index in [2.05, 4.69) is 0 Å². The van der Waals surface area contributed by atoms with Crippen molar-refractivity contribution in [3.8, 4) is 0 Å². The van der Waals surface area contributed by atoms with E-state index in [-0.39, 0.29) is 35.9 Å². The van der Waals surface area contributed by atoms with Crippen LogP contribution in [-0.2, 0) is 38.1 Å². The lowest BCUT2D eigenvalue weighted by atomic mass is 9.76. The topological polar surface area (TPSA) is 178 Å². The molecule has 2 aliphatic heterocycles. The summed E-state index contributed by atoms with van der Waals surface area (Å²) in [7, 11) is 2.80. The Morgan fingerprint density at radius 2 is 1.71 bits per heavy atom. The molecular formula is C39H60O12. The van der Waals surface area contributed by atoms with Gasteiger partial charge < -0.3 is 44.1 Å². The van der Waals surface area contributed by atoms with Crippen molar-refractivity contribution in [3.63, 3.8) is 0 Å². The maximum atomic E-state index is 13.6. The number of methoxy groups -OCH3 is 2. The molecule has 2 rings (SSSR count). The summed E-state index contributed by atoms with van der Waals surface area (Å²) >= 11 is 0. The quantitative estimate of drug-likeness (QED) is 0.178. The molecule has 0 bridgehead atoms. The van der Waals surface area contributed by atoms with E-state index in [0.717, 1.165) is 11.6 Å². The third kappa shape index (κ3) is 12.1. The zero-order valence-electron chi connectivity index (χ0n) is 31.9. The zero-order valence-corrected chi connectivity index (χ0v) is 31.9. The zero-order chi connectivity index (χ0) is 38.8. The number of carboxylic acids is 1. The van der Waals surface area contributed by atoms with Gasteiger partial charge in [0.1, 0.15) is 18.3 Å². The Hall–Kier alpha value is -3.29. The number of ether oxygens (including phenoxy) is 5. The van der Waals surface area contributed by atoms with Crippen molar-refractivity contribution in [1.29, 1.82) is 0 Å². The summed E-state index contributed by atoms with van der Waals surface area (Å²) in [4.78, 5) is 37.1. The molecule has 12 heteroatoms. The predicted molar refractivity (Wildman–Crippen MR) is 191 cm³/mol. The number of carbonyl (C=O) groups excluding carboxylic acids is 2. The molecule has 12 atom stereocenters. The standard InChI is InChI=1S/C39H60O12/c1-21(2)36-26(7)31(49-33(42)16-15-32(40)41)20-39(46,51-36)28(9)35(44)27(8)37-29(47-10)14-12-13-22(3)17-24(5)34(43)25(6)18-23(4)19-30(48-11)38(45)50-37/h12-16,18-19,21,24-29,31,34-37,43-44,46H,17,20H2,1-11H3,(H,40,41)/b14-12+,16-15+,22-13+,23-18+,30-19-/t24-,25-,26+,27-,28+,29-,31-,34-,35+,36-,37+,39-/m1/s1. The van der Waals surface area contributed by atoms with Gasteiger partial charge in [0, 0.05) is 49.4 Å². The summed E-state index contributed by atoms with van der Waals surface area (Å²) in [5.74, 6) is -7.68. The molecule has 2 aliphatic rings. The normalized spacial score (nSPS) is 37.1. The van der Waals surface area contributed by atoms with Gasteiger partial charge in [0.15, 0.2) is 5.79 Å². The molecule has 0 saturated carbocycles. The van der Waals surface area contributed by atoms with Crippen molar-refractivity contribution in [2.45, 2.75) is 118 Å². The number of aliphatic carboxylic acids is 1. The number of aliphatic hydroxyl groups is 3. The molecule has 0 aromatic heterocycles. The lowest BCUT2D eigenvalue weighted by Crippen LogP contribution is -2.59. The second-order valence-electron chi connectivity index (χ2n) is 14.6. The van der Waals surface area contributed by atoms with Crippen molar-refractivity contribution in [2.75, 3.05) is 14.2 Å². The molecule has 0 unspecified atom stereocenters. The van der Waals surface area contributed by atoms with E-state index in [1.54, 1.807) is 32.9 Å². The van der Waals surface area contributed by atoms with Gasteiger partial charge in [-0.05, 0) is 38.2 Å². The maximum absolute atomic E-state index is 13.6. The minimum absolute atomic E-state index is 0.0458. The Labute approximate surface area is 302 Å². The molecule has 0 aliphatic carbocycles. The second kappa shape index (κ2) is 19.5. The van der Waals surface area contributed by atoms with Gasteiger partial charge in [-0.15, -0.1) is 0 Å². The van der Waals surface area contributed by atoms with Gasteiger partial charge in [-0.1, -0.05) is 83.9 Å². The fourth-order valence-corrected chi connectivity index (χ4v) is 7.00. The molecule has 1 fully saturated rings. The van der Waals surface area contributed by atoms with E-state index in [1.165, 1.54) is 20.3 Å². The molecule has 4 N–H and O–H groups in total. The molecule has 0 radical (unpaired) electrons. The summed E-state index contributed by atoms with van der Waals surface area (Å²) in [5, 5.41) is 43.8. The Morgan fingerprint density at radius 1 is 1.06 bits per heavy atom. The number of allylic oxidation sites excluding steroid dienone is 5. The largest absolute Gasteiger partial charge is 0.490 e. The van der Waals surface area contributed by atoms with Crippen molar-refractivity contribution < 1.29 is 58.5 Å². The van der Waals surface area contributed by atoms with Crippen LogP contribution in [0.3, 0.4) is 0 Å². The van der Waals surface area contributed by atoms with Gasteiger partial charge in [-0.3, -0.25) is 0 Å². The van der Waals surface area contributed by atoms with Crippen LogP contribution < -0.4 is 0 Å². The minimum Gasteiger partial charge on any atom is -0.490 e. The Balaban J connectivity index is 2.55. The number of cyclic esters (lactones) is 1. The molecule has 0 amide bonds. The van der Waals surface area contributed by atoms with E-state index in [9.17, 15) is 29.7 Å². The smallest absolute Gasteiger partial charge is 0.373 e. The third-order valence-electron chi connectivity index (χ3n) is 10.1. The molecule has 0 aromatic rings. The first kappa shape index (κ1) is 43.9. The van der Waals surface area contributed by atoms with Gasteiger partial charge in [0.2, 0.25) is 5.76 Å². The van der Waals surface area contributed by atoms with E-state index in [0.29, 0.717) is 18.1 Å². The number of carboxylic acid groups (broad SMARTS) is 1. The van der Waals surface area contributed by atoms with Crippen LogP contribution in [0.4, 0.5) is 0 Å². The average molecular weight is 721 g/mol. The highest BCUT2D eigenvalue weighted by atomic mass is 16.6. The van der Waals surface area contributed by atoms with E-state index in [1.807, 2.05) is 53.7 Å². The molecule has 12 nitrogen and oxygen atoms in total. The Morgan fingerprint density at radius 3 is 2.27 bits per heavy atom. The number of hydrogen-bond donors (Lipinski definition) is 4. The first-order chi connectivity index (χ1) is 23.8. The van der Waals surface area contributed by atoms with Crippen molar-refractivity contribution in [3.05, 3.63) is 59.4 Å². The van der Waals surface area contributed by atoms with Crippen LogP contribution in [0.15, 0.2) is 59.4 Å². The highest BCUT2D eigenvalue weighted by Crippen LogP contribution is 2.42. The van der Waals surface area contributed by atoms with Crippen molar-refractivity contribution in [2.24, 2.45) is 35.5 Å². The molecular weight excluding hydrogens is 660 g/mol. The molecule has 51 heavy (non-hydrogen) atoms. The van der Waals surface area contributed by atoms with Crippen molar-refractivity contribution in [1.82, 2.24) is 0 Å². The van der Waals surface area contributed by atoms with Gasteiger partial charge in [-0.25, -0.2) is 14.4 Å². The summed E-state index contributed by atoms with van der Waals surface area (Å²) in [6.45, 7) is 16.5. The van der Waals surface area contributed by atoms with E-state index in [4.69, 9.17) is 28.8 Å². The highest BCUT2D eigenvalue weighted by molar-refractivity contribution is 5.90. The van der Waals surface area contributed by atoms with Crippen LogP contribution in [0.25, 0.3) is 0 Å². The third-order valence-corrected chi connectivity index (χ3v) is 10.1. The number of esters is 2. The molecule has 2 heterocycles. The number of hydrogen-bond acceptors (Lipinski definition) is 11. The monoisotopic (exact) mass is 720 g/mol. The fourth-order valence-electron chi connectivity index (χ4n) is 7.00. The SMILES string of the molecule is CO/C1=C\C(C)=C\[C@@H](C)[C@H](O)[C@H](C)C/C(C)=C/C=C/[C@@H](OC)[C@H]([C@H](C)[C@H](O)[C@H](C)[C@@]2(O)C[C@@H](OC(=O)/C=C/C(=O)O)[C@H](C)[C@@H](C(C)C)O2)OC1=O. The van der Waals surface area contributed by atoms with Crippen LogP contribution in [0, 0.1) is 35.5 Å². The summed E-state index contributed by atoms with van der Waals surface area (Å²) in [6, 6.07) is 0. The Kier molecular flexibility index (Phi) is 16.8. The molecule has 0 aromatic carbocycles. The predicted octanol–water partition coefficient (Wildman–Crippen LogP) is 4.88. The summed E-state index contributed by atoms with van der Waals surface area (Å²) in [6.07, 6.45) is 5.37. The lowest BCUT2D eigenvalue weighted by Gasteiger charge is -2.50. The van der Waals surface area contributed by atoms with Crippen LogP contribution in [0.5, 0.6) is 0 Å². The minimum atomic E-state index is -1.99. The molecule has 1 saturated heterocycles. The van der Waals surface area contributed by atoms with Crippen LogP contribution in [0.1, 0.15) is 75.2 Å². The molecule has 0 spiro atoms. The Bertz CT molecular complexity index is 1350. The van der Waals surface area contributed by atoms with Gasteiger partial charge in [0.05, 0.1) is 25.4 Å². The number of carbonyl (C=O) groups is 3. The lowest BCUT2D eigenvalue weighted by molar-refractivity contribution is -0.329. The molecule has 288 valence electrons. The fraction of sp³-hybridized carbons (Fsp3) is 0.667. The first-order valence-electron chi connectivity index (χ1n) is 17.7. The van der Waals surface area contributed by atoms with Crippen LogP contribution in [-0.4, -0.2) is 95.0 Å². The van der Waals surface area contributed by atoms with Crippen molar-refractivity contribution >= 4 is 17.9 Å². The van der Waals surface area contributed by atoms with Crippen LogP contribution in [0.2, 0.25) is 0 Å². The van der Waals surface area contributed by atoms with E-state index >= 15 is 0 Å². The van der Waals surface area contributed by atoms with Gasteiger partial charge in [-0.2, -0.15) is 0 Å². The maximum Gasteiger partial charge on any atom is 0.373 e. The van der Waals surface area contributed by atoms with Crippen LogP contribution >= 0.6 is 0 Å². The second-order valence-corrected chi connectivity index (χ2v) is 14.6. The number of aliphatic hydroxyl groups excluding tert-OH is 2. The summed E-state index contributed by atoms with van der Waals surface area (Å²) in [5.41, 5.74) is 1.70. The van der Waals surface area contributed by atoms with Gasteiger partial charge >= 0.3 is 17.9 Å².